The topological polar surface area (TPSA) is 94.7 Å². The fourth-order valence-electron chi connectivity index (χ4n) is 3.43. The zero-order chi connectivity index (χ0) is 20.6. The van der Waals surface area contributed by atoms with Gasteiger partial charge < -0.3 is 20.1 Å². The number of guanidine groups is 1. The first-order valence-electron chi connectivity index (χ1n) is 9.98. The van der Waals surface area contributed by atoms with E-state index in [1.165, 1.54) is 0 Å². The molecule has 2 heterocycles. The van der Waals surface area contributed by atoms with Crippen LogP contribution in [0.1, 0.15) is 30.7 Å². The van der Waals surface area contributed by atoms with Crippen LogP contribution in [0.3, 0.4) is 0 Å². The summed E-state index contributed by atoms with van der Waals surface area (Å²) in [7, 11) is 4.98. The molecule has 158 valence electrons. The fourth-order valence-corrected chi connectivity index (χ4v) is 3.43. The minimum atomic E-state index is 0.00987. The molecular weight excluding hydrogens is 372 g/mol. The summed E-state index contributed by atoms with van der Waals surface area (Å²) in [6.07, 6.45) is 3.85. The molecule has 9 heteroatoms. The van der Waals surface area contributed by atoms with Gasteiger partial charge in [-0.25, -0.2) is 9.48 Å². The van der Waals surface area contributed by atoms with Crippen molar-refractivity contribution in [2.75, 3.05) is 27.8 Å². The van der Waals surface area contributed by atoms with Crippen molar-refractivity contribution in [1.29, 1.82) is 0 Å². The van der Waals surface area contributed by atoms with E-state index < -0.39 is 0 Å². The number of rotatable bonds is 8. The van der Waals surface area contributed by atoms with Crippen molar-refractivity contribution in [3.8, 4) is 11.5 Å². The second-order valence-electron chi connectivity index (χ2n) is 6.93. The predicted molar refractivity (Wildman–Crippen MR) is 112 cm³/mol. The fraction of sp³-hybridized carbons (Fsp3) is 0.550. The number of benzene rings is 1. The van der Waals surface area contributed by atoms with E-state index in [0.717, 1.165) is 43.6 Å². The predicted octanol–water partition coefficient (Wildman–Crippen LogP) is 1.15. The van der Waals surface area contributed by atoms with Crippen molar-refractivity contribution < 1.29 is 9.47 Å². The Morgan fingerprint density at radius 3 is 2.76 bits per heavy atom. The standard InChI is InChI=1S/C20H30N6O3/c1-21-19(23-14-15-8-9-16(28-2)17(13-15)29-3)22-10-6-12-26-20(27)25-11-5-4-7-18(25)24-26/h8-9,13H,4-7,10-12,14H2,1-3H3,(H2,21,22,23). The summed E-state index contributed by atoms with van der Waals surface area (Å²) in [5.74, 6) is 3.02. The number of nitrogens with one attached hydrogen (secondary N) is 2. The van der Waals surface area contributed by atoms with Gasteiger partial charge in [0.2, 0.25) is 0 Å². The van der Waals surface area contributed by atoms with Gasteiger partial charge in [0, 0.05) is 39.6 Å². The number of methoxy groups -OCH3 is 2. The number of hydrogen-bond donors (Lipinski definition) is 2. The van der Waals surface area contributed by atoms with Gasteiger partial charge in [-0.2, -0.15) is 5.10 Å². The first-order valence-corrected chi connectivity index (χ1v) is 9.98. The monoisotopic (exact) mass is 402 g/mol. The number of ether oxygens (including phenoxy) is 2. The molecule has 1 aliphatic heterocycles. The normalized spacial score (nSPS) is 13.7. The molecule has 0 fully saturated rings. The molecule has 1 aliphatic rings. The minimum absolute atomic E-state index is 0.00987. The van der Waals surface area contributed by atoms with Gasteiger partial charge in [0.15, 0.2) is 17.5 Å². The Balaban J connectivity index is 1.45. The minimum Gasteiger partial charge on any atom is -0.493 e. The molecule has 0 amide bonds. The number of aliphatic imine (C=N–C) groups is 1. The van der Waals surface area contributed by atoms with Gasteiger partial charge in [-0.05, 0) is 37.0 Å². The van der Waals surface area contributed by atoms with Crippen LogP contribution in [0.5, 0.6) is 11.5 Å². The molecule has 9 nitrogen and oxygen atoms in total. The zero-order valence-corrected chi connectivity index (χ0v) is 17.4. The van der Waals surface area contributed by atoms with Crippen molar-refractivity contribution in [1.82, 2.24) is 25.0 Å². The highest BCUT2D eigenvalue weighted by atomic mass is 16.5. The molecule has 0 bridgehead atoms. The molecule has 0 aliphatic carbocycles. The maximum absolute atomic E-state index is 12.3. The number of hydrogen-bond acceptors (Lipinski definition) is 5. The van der Waals surface area contributed by atoms with Crippen molar-refractivity contribution in [2.45, 2.75) is 45.3 Å². The van der Waals surface area contributed by atoms with Crippen LogP contribution in [0.4, 0.5) is 0 Å². The summed E-state index contributed by atoms with van der Waals surface area (Å²) in [4.78, 5) is 16.6. The molecule has 0 atom stereocenters. The third kappa shape index (κ3) is 5.10. The number of aromatic nitrogens is 3. The quantitative estimate of drug-likeness (QED) is 0.391. The molecule has 0 saturated carbocycles. The lowest BCUT2D eigenvalue weighted by Crippen LogP contribution is -2.37. The highest BCUT2D eigenvalue weighted by Gasteiger charge is 2.16. The molecule has 0 spiro atoms. The van der Waals surface area contributed by atoms with E-state index in [1.54, 1.807) is 30.5 Å². The summed E-state index contributed by atoms with van der Waals surface area (Å²) >= 11 is 0. The lowest BCUT2D eigenvalue weighted by atomic mass is 10.2. The van der Waals surface area contributed by atoms with Gasteiger partial charge in [0.1, 0.15) is 5.82 Å². The largest absolute Gasteiger partial charge is 0.493 e. The third-order valence-electron chi connectivity index (χ3n) is 5.00. The Labute approximate surface area is 170 Å². The Hall–Kier alpha value is -2.97. The molecule has 2 aromatic rings. The lowest BCUT2D eigenvalue weighted by molar-refractivity contribution is 0.354. The average molecular weight is 402 g/mol. The van der Waals surface area contributed by atoms with E-state index >= 15 is 0 Å². The van der Waals surface area contributed by atoms with Crippen LogP contribution in [-0.4, -0.2) is 48.1 Å². The van der Waals surface area contributed by atoms with E-state index in [0.29, 0.717) is 37.1 Å². The Morgan fingerprint density at radius 2 is 2.03 bits per heavy atom. The van der Waals surface area contributed by atoms with Gasteiger partial charge in [-0.15, -0.1) is 0 Å². The zero-order valence-electron chi connectivity index (χ0n) is 17.4. The van der Waals surface area contributed by atoms with Crippen LogP contribution in [0.2, 0.25) is 0 Å². The van der Waals surface area contributed by atoms with Gasteiger partial charge >= 0.3 is 5.69 Å². The summed E-state index contributed by atoms with van der Waals surface area (Å²) in [5, 5.41) is 11.0. The molecule has 1 aromatic carbocycles. The van der Waals surface area contributed by atoms with E-state index in [4.69, 9.17) is 9.47 Å². The number of aryl methyl sites for hydroxylation is 2. The van der Waals surface area contributed by atoms with Crippen molar-refractivity contribution in [2.24, 2.45) is 4.99 Å². The second kappa shape index (κ2) is 9.99. The molecule has 0 unspecified atom stereocenters. The van der Waals surface area contributed by atoms with E-state index in [1.807, 2.05) is 18.2 Å². The van der Waals surface area contributed by atoms with Crippen molar-refractivity contribution >= 4 is 5.96 Å². The first-order chi connectivity index (χ1) is 14.2. The first kappa shape index (κ1) is 20.8. The molecule has 0 saturated heterocycles. The highest BCUT2D eigenvalue weighted by Crippen LogP contribution is 2.27. The number of nitrogens with zero attached hydrogens (tertiary/aromatic N) is 4. The summed E-state index contributed by atoms with van der Waals surface area (Å²) < 4.78 is 14.0. The molecule has 2 N–H and O–H groups in total. The van der Waals surface area contributed by atoms with Crippen LogP contribution in [0.15, 0.2) is 28.0 Å². The Bertz CT molecular complexity index is 902. The SMILES string of the molecule is CN=C(NCCCn1nc2n(c1=O)CCCC2)NCc1ccc(OC)c(OC)c1. The van der Waals surface area contributed by atoms with E-state index in [2.05, 4.69) is 20.7 Å². The van der Waals surface area contributed by atoms with Gasteiger partial charge in [-0.3, -0.25) is 9.56 Å². The van der Waals surface area contributed by atoms with Gasteiger partial charge in [0.25, 0.3) is 0 Å². The molecule has 1 aromatic heterocycles. The Kier molecular flexibility index (Phi) is 7.15. The van der Waals surface area contributed by atoms with Crippen LogP contribution < -0.4 is 25.8 Å². The summed E-state index contributed by atoms with van der Waals surface area (Å²) in [6.45, 7) is 2.69. The molecule has 3 rings (SSSR count). The summed E-state index contributed by atoms with van der Waals surface area (Å²) in [5.41, 5.74) is 1.07. The van der Waals surface area contributed by atoms with Crippen LogP contribution in [0, 0.1) is 0 Å². The van der Waals surface area contributed by atoms with E-state index in [9.17, 15) is 4.79 Å². The van der Waals surface area contributed by atoms with E-state index in [-0.39, 0.29) is 5.69 Å². The summed E-state index contributed by atoms with van der Waals surface area (Å²) in [6, 6.07) is 5.80. The molecular formula is C20H30N6O3. The Morgan fingerprint density at radius 1 is 1.21 bits per heavy atom. The molecule has 0 radical (unpaired) electrons. The van der Waals surface area contributed by atoms with Crippen molar-refractivity contribution in [3.63, 3.8) is 0 Å². The average Bonchev–Trinajstić information content (AvgIpc) is 3.08. The van der Waals surface area contributed by atoms with Crippen LogP contribution in [0.25, 0.3) is 0 Å². The maximum atomic E-state index is 12.3. The third-order valence-corrected chi connectivity index (χ3v) is 5.00. The molecule has 29 heavy (non-hydrogen) atoms. The number of fused-ring (bicyclic) bond motifs is 1. The highest BCUT2D eigenvalue weighted by molar-refractivity contribution is 5.79. The van der Waals surface area contributed by atoms with Crippen molar-refractivity contribution in [3.05, 3.63) is 40.1 Å². The van der Waals surface area contributed by atoms with Crippen LogP contribution in [-0.2, 0) is 26.1 Å². The maximum Gasteiger partial charge on any atom is 0.345 e. The lowest BCUT2D eigenvalue weighted by Gasteiger charge is -2.13. The van der Waals surface area contributed by atoms with Gasteiger partial charge in [-0.1, -0.05) is 6.07 Å². The van der Waals surface area contributed by atoms with Crippen LogP contribution >= 0.6 is 0 Å². The van der Waals surface area contributed by atoms with Gasteiger partial charge in [0.05, 0.1) is 14.2 Å². The smallest absolute Gasteiger partial charge is 0.345 e. The second-order valence-corrected chi connectivity index (χ2v) is 6.93.